The number of hydrogen-bond acceptors (Lipinski definition) is 5. The number of nitrogens with zero attached hydrogens (tertiary/aromatic N) is 2. The number of rotatable bonds is 5. The highest BCUT2D eigenvalue weighted by Crippen LogP contribution is 2.32. The second kappa shape index (κ2) is 8.85. The Morgan fingerprint density at radius 3 is 2.63 bits per heavy atom. The van der Waals surface area contributed by atoms with Crippen molar-refractivity contribution in [3.05, 3.63) is 48.4 Å². The molecule has 0 saturated carbocycles. The number of halogens is 1. The maximum absolute atomic E-state index is 13.4. The number of carbonyl (C=O) groups excluding carboxylic acids is 1. The molecule has 1 aliphatic heterocycles. The van der Waals surface area contributed by atoms with Crippen LogP contribution in [-0.2, 0) is 20.3 Å². The van der Waals surface area contributed by atoms with Crippen LogP contribution in [0.5, 0.6) is 0 Å². The Bertz CT molecular complexity index is 1080. The second-order valence-electron chi connectivity index (χ2n) is 7.03. The molecule has 4 rings (SSSR count). The van der Waals surface area contributed by atoms with E-state index in [0.717, 1.165) is 0 Å². The van der Waals surface area contributed by atoms with Gasteiger partial charge in [0.05, 0.1) is 22.2 Å². The van der Waals surface area contributed by atoms with Gasteiger partial charge in [-0.1, -0.05) is 0 Å². The molecule has 1 aromatic carbocycles. The molecule has 1 saturated heterocycles. The summed E-state index contributed by atoms with van der Waals surface area (Å²) in [6.07, 6.45) is 4.49. The van der Waals surface area contributed by atoms with Crippen molar-refractivity contribution in [2.45, 2.75) is 18.0 Å². The van der Waals surface area contributed by atoms with Crippen molar-refractivity contribution in [1.82, 2.24) is 15.0 Å². The van der Waals surface area contributed by atoms with Gasteiger partial charge in [0, 0.05) is 42.7 Å². The normalized spacial score (nSPS) is 15.7. The van der Waals surface area contributed by atoms with Crippen molar-refractivity contribution in [2.75, 3.05) is 24.8 Å². The number of hydrogen-bond donors (Lipinski definition) is 2. The molecular formula is C21H21FN4O3S. The number of aromatic amines is 1. The highest BCUT2D eigenvalue weighted by Gasteiger charge is 2.22. The third kappa shape index (κ3) is 4.47. The van der Waals surface area contributed by atoms with Crippen LogP contribution in [0, 0.1) is 11.7 Å². The fourth-order valence-corrected chi connectivity index (χ4v) is 3.82. The van der Waals surface area contributed by atoms with Gasteiger partial charge >= 0.3 is 0 Å². The van der Waals surface area contributed by atoms with Crippen LogP contribution in [0.25, 0.3) is 22.5 Å². The van der Waals surface area contributed by atoms with Gasteiger partial charge < -0.3 is 15.0 Å². The third-order valence-electron chi connectivity index (χ3n) is 4.96. The lowest BCUT2D eigenvalue weighted by molar-refractivity contribution is -0.122. The number of carbonyl (C=O) groups is 1. The lowest BCUT2D eigenvalue weighted by Gasteiger charge is -2.21. The van der Waals surface area contributed by atoms with Crippen molar-refractivity contribution in [2.24, 2.45) is 5.92 Å². The monoisotopic (exact) mass is 428 g/mol. The number of anilines is 1. The van der Waals surface area contributed by atoms with Crippen molar-refractivity contribution < 1.29 is 18.1 Å². The van der Waals surface area contributed by atoms with Crippen LogP contribution in [0.1, 0.15) is 12.8 Å². The minimum Gasteiger partial charge on any atom is -0.381 e. The van der Waals surface area contributed by atoms with E-state index in [9.17, 15) is 13.4 Å². The van der Waals surface area contributed by atoms with Crippen LogP contribution in [0.4, 0.5) is 10.2 Å². The minimum absolute atomic E-state index is 0.0842. The summed E-state index contributed by atoms with van der Waals surface area (Å²) >= 11 is 0. The van der Waals surface area contributed by atoms with E-state index in [1.165, 1.54) is 18.4 Å². The molecule has 3 heterocycles. The molecule has 30 heavy (non-hydrogen) atoms. The van der Waals surface area contributed by atoms with Gasteiger partial charge in [-0.3, -0.25) is 9.00 Å². The quantitative estimate of drug-likeness (QED) is 0.649. The highest BCUT2D eigenvalue weighted by atomic mass is 32.2. The zero-order valence-electron chi connectivity index (χ0n) is 16.4. The summed E-state index contributed by atoms with van der Waals surface area (Å²) in [4.78, 5) is 24.3. The number of amides is 1. The van der Waals surface area contributed by atoms with E-state index in [-0.39, 0.29) is 17.6 Å². The zero-order valence-corrected chi connectivity index (χ0v) is 17.2. The first kappa shape index (κ1) is 20.4. The maximum Gasteiger partial charge on any atom is 0.228 e. The predicted molar refractivity (Wildman–Crippen MR) is 112 cm³/mol. The van der Waals surface area contributed by atoms with Crippen LogP contribution < -0.4 is 5.32 Å². The number of nitrogens with one attached hydrogen (secondary N) is 2. The van der Waals surface area contributed by atoms with Gasteiger partial charge in [0.2, 0.25) is 5.91 Å². The van der Waals surface area contributed by atoms with E-state index in [2.05, 4.69) is 20.3 Å². The fourth-order valence-electron chi connectivity index (χ4n) is 3.36. The summed E-state index contributed by atoms with van der Waals surface area (Å²) in [5.74, 6) is -0.116. The molecule has 1 amide bonds. The van der Waals surface area contributed by atoms with Crippen molar-refractivity contribution in [3.63, 3.8) is 0 Å². The van der Waals surface area contributed by atoms with E-state index >= 15 is 0 Å². The maximum atomic E-state index is 13.4. The summed E-state index contributed by atoms with van der Waals surface area (Å²) in [7, 11) is -1.33. The fraction of sp³-hybridized carbons (Fsp3) is 0.286. The Morgan fingerprint density at radius 1 is 1.20 bits per heavy atom. The van der Waals surface area contributed by atoms with E-state index < -0.39 is 10.8 Å². The zero-order chi connectivity index (χ0) is 21.1. The van der Waals surface area contributed by atoms with Crippen LogP contribution in [0.15, 0.2) is 47.8 Å². The number of aromatic nitrogens is 3. The Labute approximate surface area is 175 Å². The number of imidazole rings is 1. The Kier molecular flexibility index (Phi) is 6.01. The van der Waals surface area contributed by atoms with E-state index in [0.29, 0.717) is 59.5 Å². The molecule has 9 heteroatoms. The lowest BCUT2D eigenvalue weighted by atomic mass is 9.99. The standard InChI is InChI=1S/C21H21FN4O3S/c1-30(28)21-25-18(13-2-4-16(22)5-3-13)19(26-21)15-6-9-23-17(12-15)24-20(27)14-7-10-29-11-8-14/h2-6,9,12,14H,7-8,10-11H2,1H3,(H,25,26)(H,23,24,27). The van der Waals surface area contributed by atoms with Crippen LogP contribution >= 0.6 is 0 Å². The highest BCUT2D eigenvalue weighted by molar-refractivity contribution is 7.84. The smallest absolute Gasteiger partial charge is 0.228 e. The Hall–Kier alpha value is -2.91. The van der Waals surface area contributed by atoms with E-state index in [4.69, 9.17) is 4.74 Å². The predicted octanol–water partition coefficient (Wildman–Crippen LogP) is 3.38. The largest absolute Gasteiger partial charge is 0.381 e. The second-order valence-corrected chi connectivity index (χ2v) is 8.33. The average molecular weight is 428 g/mol. The van der Waals surface area contributed by atoms with Gasteiger partial charge in [0.15, 0.2) is 5.16 Å². The topological polar surface area (TPSA) is 97.0 Å². The number of ether oxygens (including phenoxy) is 1. The third-order valence-corrected chi connectivity index (χ3v) is 5.70. The van der Waals surface area contributed by atoms with Gasteiger partial charge in [0.1, 0.15) is 11.6 Å². The number of H-pyrrole nitrogens is 1. The van der Waals surface area contributed by atoms with Crippen LogP contribution in [0.2, 0.25) is 0 Å². The van der Waals surface area contributed by atoms with Crippen LogP contribution in [0.3, 0.4) is 0 Å². The van der Waals surface area contributed by atoms with E-state index in [1.54, 1.807) is 30.5 Å². The van der Waals surface area contributed by atoms with E-state index in [1.807, 2.05) is 0 Å². The van der Waals surface area contributed by atoms with Gasteiger partial charge in [-0.05, 0) is 49.2 Å². The summed E-state index contributed by atoms with van der Waals surface area (Å²) in [6.45, 7) is 1.16. The summed E-state index contributed by atoms with van der Waals surface area (Å²) in [5.41, 5.74) is 2.57. The summed E-state index contributed by atoms with van der Waals surface area (Å²) < 4.78 is 30.7. The molecule has 0 bridgehead atoms. The Morgan fingerprint density at radius 2 is 1.93 bits per heavy atom. The van der Waals surface area contributed by atoms with Gasteiger partial charge in [-0.2, -0.15) is 0 Å². The first-order chi connectivity index (χ1) is 14.5. The lowest BCUT2D eigenvalue weighted by Crippen LogP contribution is -2.28. The SMILES string of the molecule is CS(=O)c1nc(-c2ccnc(NC(=O)C3CCOCC3)c2)c(-c2ccc(F)cc2)[nH]1. The number of pyridine rings is 1. The van der Waals surface area contributed by atoms with Crippen molar-refractivity contribution in [3.8, 4) is 22.5 Å². The van der Waals surface area contributed by atoms with Gasteiger partial charge in [0.25, 0.3) is 0 Å². The average Bonchev–Trinajstić information content (AvgIpc) is 3.21. The molecule has 1 fully saturated rings. The molecule has 1 unspecified atom stereocenters. The van der Waals surface area contributed by atoms with Crippen molar-refractivity contribution >= 4 is 22.5 Å². The molecule has 1 aliphatic rings. The summed E-state index contributed by atoms with van der Waals surface area (Å²) in [6, 6.07) is 9.45. The first-order valence-corrected chi connectivity index (χ1v) is 11.1. The molecule has 3 aromatic rings. The summed E-state index contributed by atoms with van der Waals surface area (Å²) in [5, 5.41) is 3.18. The molecular weight excluding hydrogens is 407 g/mol. The molecule has 0 aliphatic carbocycles. The van der Waals surface area contributed by atoms with Crippen LogP contribution in [-0.4, -0.2) is 44.5 Å². The first-order valence-electron chi connectivity index (χ1n) is 9.55. The molecule has 156 valence electrons. The molecule has 7 nitrogen and oxygen atoms in total. The molecule has 1 atom stereocenters. The minimum atomic E-state index is -1.33. The molecule has 0 radical (unpaired) electrons. The Balaban J connectivity index is 1.66. The number of benzene rings is 1. The molecule has 0 spiro atoms. The van der Waals surface area contributed by atoms with Crippen molar-refractivity contribution in [1.29, 1.82) is 0 Å². The molecule has 2 N–H and O–H groups in total. The van der Waals surface area contributed by atoms with Gasteiger partial charge in [-0.25, -0.2) is 14.4 Å². The van der Waals surface area contributed by atoms with Gasteiger partial charge in [-0.15, -0.1) is 0 Å². The molecule has 2 aromatic heterocycles.